The topological polar surface area (TPSA) is 80.8 Å². The number of aromatic nitrogens is 1. The van der Waals surface area contributed by atoms with Crippen molar-refractivity contribution in [2.24, 2.45) is 5.92 Å². The Bertz CT molecular complexity index is 980. The summed E-state index contributed by atoms with van der Waals surface area (Å²) >= 11 is 0.847. The average Bonchev–Trinajstić information content (AvgIpc) is 3.22. The van der Waals surface area contributed by atoms with E-state index < -0.39 is 23.6 Å². The third-order valence-electron chi connectivity index (χ3n) is 4.91. The van der Waals surface area contributed by atoms with Gasteiger partial charge in [-0.05, 0) is 51.7 Å². The van der Waals surface area contributed by atoms with E-state index >= 15 is 0 Å². The van der Waals surface area contributed by atoms with Gasteiger partial charge in [0, 0.05) is 24.0 Å². The van der Waals surface area contributed by atoms with E-state index in [2.05, 4.69) is 10.3 Å². The summed E-state index contributed by atoms with van der Waals surface area (Å²) in [7, 11) is 0. The van der Waals surface area contributed by atoms with Crippen LogP contribution in [0.2, 0.25) is 0 Å². The van der Waals surface area contributed by atoms with Crippen LogP contribution in [-0.2, 0) is 15.7 Å². The number of halogens is 3. The van der Waals surface area contributed by atoms with E-state index in [1.165, 1.54) is 0 Å². The van der Waals surface area contributed by atoms with Crippen LogP contribution in [0.15, 0.2) is 29.6 Å². The summed E-state index contributed by atoms with van der Waals surface area (Å²) in [6.07, 6.45) is -4.25. The van der Waals surface area contributed by atoms with Crippen molar-refractivity contribution in [3.63, 3.8) is 0 Å². The molecule has 1 aliphatic heterocycles. The molecule has 1 N–H and O–H groups in total. The second-order valence-corrected chi connectivity index (χ2v) is 9.57. The van der Waals surface area contributed by atoms with Crippen LogP contribution in [0.4, 0.5) is 28.4 Å². The third-order valence-corrected chi connectivity index (χ3v) is 5.78. The maximum absolute atomic E-state index is 12.9. The van der Waals surface area contributed by atoms with Crippen molar-refractivity contribution in [3.8, 4) is 10.6 Å². The molecule has 0 atom stereocenters. The largest absolute Gasteiger partial charge is 0.449 e. The number of likely N-dealkylation sites (tertiary alicyclic amines) is 1. The normalized spacial score (nSPS) is 15.3. The summed E-state index contributed by atoms with van der Waals surface area (Å²) in [4.78, 5) is 29.7. The molecule has 1 aromatic heterocycles. The number of ether oxygens (including phenoxy) is 2. The minimum atomic E-state index is -4.53. The van der Waals surface area contributed by atoms with Gasteiger partial charge < -0.3 is 14.4 Å². The molecule has 1 fully saturated rings. The van der Waals surface area contributed by atoms with Gasteiger partial charge in [-0.15, -0.1) is 11.3 Å². The number of para-hydroxylation sites is 1. The number of nitrogens with zero attached hydrogens (tertiary/aromatic N) is 2. The quantitative estimate of drug-likeness (QED) is 0.572. The fraction of sp³-hybridized carbons (Fsp3) is 0.500. The van der Waals surface area contributed by atoms with Gasteiger partial charge in [-0.3, -0.25) is 5.32 Å². The van der Waals surface area contributed by atoms with Crippen LogP contribution < -0.4 is 5.32 Å². The molecule has 1 aromatic carbocycles. The molecule has 0 radical (unpaired) electrons. The monoisotopic (exact) mass is 485 g/mol. The van der Waals surface area contributed by atoms with Crippen LogP contribution >= 0.6 is 11.3 Å². The zero-order valence-electron chi connectivity index (χ0n) is 18.6. The van der Waals surface area contributed by atoms with E-state index in [-0.39, 0.29) is 23.6 Å². The van der Waals surface area contributed by atoms with Crippen molar-refractivity contribution in [3.05, 3.63) is 35.3 Å². The number of carbonyl (C=O) groups excluding carboxylic acids is 2. The Morgan fingerprint density at radius 2 is 1.85 bits per heavy atom. The molecular formula is C22H26F3N3O4S. The van der Waals surface area contributed by atoms with Crippen molar-refractivity contribution in [2.75, 3.05) is 25.0 Å². The summed E-state index contributed by atoms with van der Waals surface area (Å²) in [6, 6.07) is 6.47. The molecule has 0 unspecified atom stereocenters. The van der Waals surface area contributed by atoms with Crippen LogP contribution in [0.5, 0.6) is 0 Å². The molecule has 2 heterocycles. The second kappa shape index (κ2) is 9.98. The van der Waals surface area contributed by atoms with Crippen LogP contribution in [0.3, 0.4) is 0 Å². The molecule has 0 aliphatic carbocycles. The molecule has 33 heavy (non-hydrogen) atoms. The number of anilines is 1. The highest BCUT2D eigenvalue weighted by molar-refractivity contribution is 7.13. The number of hydrogen-bond donors (Lipinski definition) is 1. The number of nitrogens with one attached hydrogen (secondary N) is 1. The lowest BCUT2D eigenvalue weighted by Gasteiger charge is -2.33. The van der Waals surface area contributed by atoms with Crippen molar-refractivity contribution in [1.82, 2.24) is 9.88 Å². The van der Waals surface area contributed by atoms with E-state index in [0.717, 1.165) is 16.7 Å². The predicted octanol–water partition coefficient (Wildman–Crippen LogP) is 6.02. The lowest BCUT2D eigenvalue weighted by atomic mass is 9.98. The Morgan fingerprint density at radius 3 is 2.45 bits per heavy atom. The van der Waals surface area contributed by atoms with E-state index in [4.69, 9.17) is 9.47 Å². The van der Waals surface area contributed by atoms with Gasteiger partial charge in [-0.25, -0.2) is 14.6 Å². The first kappa shape index (κ1) is 24.8. The van der Waals surface area contributed by atoms with Gasteiger partial charge in [0.05, 0.1) is 12.3 Å². The molecule has 0 bridgehead atoms. The van der Waals surface area contributed by atoms with Crippen molar-refractivity contribution >= 4 is 29.2 Å². The Kier molecular flexibility index (Phi) is 7.51. The fourth-order valence-corrected chi connectivity index (χ4v) is 4.12. The summed E-state index contributed by atoms with van der Waals surface area (Å²) < 4.78 is 49.3. The lowest BCUT2D eigenvalue weighted by molar-refractivity contribution is -0.140. The van der Waals surface area contributed by atoms with Crippen molar-refractivity contribution < 1.29 is 32.2 Å². The predicted molar refractivity (Wildman–Crippen MR) is 118 cm³/mol. The van der Waals surface area contributed by atoms with E-state index in [1.807, 2.05) is 20.8 Å². The number of alkyl halides is 3. The molecule has 1 saturated heterocycles. The first-order valence-electron chi connectivity index (χ1n) is 10.5. The Labute approximate surface area is 193 Å². The summed E-state index contributed by atoms with van der Waals surface area (Å²) in [5.41, 5.74) is -0.846. The van der Waals surface area contributed by atoms with E-state index in [9.17, 15) is 22.8 Å². The van der Waals surface area contributed by atoms with Crippen LogP contribution in [-0.4, -0.2) is 47.4 Å². The molecule has 11 heteroatoms. The van der Waals surface area contributed by atoms with Gasteiger partial charge in [0.15, 0.2) is 5.69 Å². The highest BCUT2D eigenvalue weighted by atomic mass is 32.1. The summed E-state index contributed by atoms with van der Waals surface area (Å²) in [6.45, 7) is 6.63. The van der Waals surface area contributed by atoms with Gasteiger partial charge >= 0.3 is 18.4 Å². The standard InChI is InChI=1S/C22H26F3N3O4S/c1-21(2,3)32-20(30)28-10-8-14(9-11-28)12-31-19(29)26-16-7-5-4-6-15(16)18-27-17(13-33-18)22(23,24)25/h4-7,13-14H,8-12H2,1-3H3,(H,26,29). The number of thiazole rings is 1. The lowest BCUT2D eigenvalue weighted by Crippen LogP contribution is -2.42. The first-order valence-corrected chi connectivity index (χ1v) is 11.3. The van der Waals surface area contributed by atoms with Gasteiger partial charge in [-0.1, -0.05) is 12.1 Å². The van der Waals surface area contributed by atoms with Gasteiger partial charge in [0.25, 0.3) is 0 Å². The highest BCUT2D eigenvalue weighted by Crippen LogP contribution is 2.36. The molecule has 2 amide bonds. The van der Waals surface area contributed by atoms with Crippen LogP contribution in [0.25, 0.3) is 10.6 Å². The SMILES string of the molecule is CC(C)(C)OC(=O)N1CCC(COC(=O)Nc2ccccc2-c2nc(C(F)(F)F)cs2)CC1. The maximum atomic E-state index is 12.9. The molecule has 3 rings (SSSR count). The summed E-state index contributed by atoms with van der Waals surface area (Å²) in [5, 5.41) is 3.67. The zero-order valence-corrected chi connectivity index (χ0v) is 19.4. The minimum absolute atomic E-state index is 0.0954. The number of benzene rings is 1. The van der Waals surface area contributed by atoms with Gasteiger partial charge in [-0.2, -0.15) is 13.2 Å². The third kappa shape index (κ3) is 7.08. The highest BCUT2D eigenvalue weighted by Gasteiger charge is 2.34. The van der Waals surface area contributed by atoms with Gasteiger partial charge in [0.2, 0.25) is 0 Å². The maximum Gasteiger partial charge on any atom is 0.434 e. The molecule has 2 aromatic rings. The first-order chi connectivity index (χ1) is 15.4. The Hall–Kier alpha value is -2.82. The smallest absolute Gasteiger partial charge is 0.434 e. The number of amides is 2. The van der Waals surface area contributed by atoms with E-state index in [0.29, 0.717) is 37.2 Å². The van der Waals surface area contributed by atoms with Crippen LogP contribution in [0.1, 0.15) is 39.3 Å². The van der Waals surface area contributed by atoms with E-state index in [1.54, 1.807) is 29.2 Å². The molecule has 180 valence electrons. The summed E-state index contributed by atoms with van der Waals surface area (Å²) in [5.74, 6) is 0.0954. The molecule has 0 spiro atoms. The number of piperidine rings is 1. The number of rotatable bonds is 4. The molecule has 0 saturated carbocycles. The molecule has 7 nitrogen and oxygen atoms in total. The van der Waals surface area contributed by atoms with Crippen molar-refractivity contribution in [1.29, 1.82) is 0 Å². The molecule has 1 aliphatic rings. The Balaban J connectivity index is 1.51. The fourth-order valence-electron chi connectivity index (χ4n) is 3.25. The Morgan fingerprint density at radius 1 is 1.18 bits per heavy atom. The minimum Gasteiger partial charge on any atom is -0.449 e. The van der Waals surface area contributed by atoms with Crippen molar-refractivity contribution in [2.45, 2.75) is 45.4 Å². The van der Waals surface area contributed by atoms with Crippen LogP contribution in [0, 0.1) is 5.92 Å². The number of hydrogen-bond acceptors (Lipinski definition) is 6. The number of carbonyl (C=O) groups is 2. The molecular weight excluding hydrogens is 459 g/mol. The van der Waals surface area contributed by atoms with Gasteiger partial charge in [0.1, 0.15) is 10.6 Å². The average molecular weight is 486 g/mol. The zero-order chi connectivity index (χ0) is 24.2. The second-order valence-electron chi connectivity index (χ2n) is 8.72.